The molecule has 4 heterocycles. The lowest BCUT2D eigenvalue weighted by Crippen LogP contribution is -2.35. The van der Waals surface area contributed by atoms with E-state index in [0.717, 1.165) is 33.4 Å². The zero-order valence-corrected chi connectivity index (χ0v) is 17.2. The Morgan fingerprint density at radius 1 is 1.25 bits per heavy atom. The summed E-state index contributed by atoms with van der Waals surface area (Å²) in [6.45, 7) is 2.39. The number of carbonyl (C=O) groups is 1. The van der Waals surface area contributed by atoms with E-state index in [1.807, 2.05) is 25.1 Å². The van der Waals surface area contributed by atoms with Gasteiger partial charge >= 0.3 is 6.03 Å². The highest BCUT2D eigenvalue weighted by atomic mass is 16.5. The van der Waals surface area contributed by atoms with Crippen molar-refractivity contribution in [2.45, 2.75) is 19.4 Å². The summed E-state index contributed by atoms with van der Waals surface area (Å²) >= 11 is 0. The summed E-state index contributed by atoms with van der Waals surface area (Å²) in [7, 11) is 0. The van der Waals surface area contributed by atoms with Gasteiger partial charge in [0, 0.05) is 47.1 Å². The number of nitriles is 1. The monoisotopic (exact) mass is 425 g/mol. The number of pyridine rings is 2. The van der Waals surface area contributed by atoms with Gasteiger partial charge in [0.15, 0.2) is 0 Å². The Kier molecular flexibility index (Phi) is 4.88. The largest absolute Gasteiger partial charge is 0.493 e. The molecule has 1 aromatic carbocycles. The van der Waals surface area contributed by atoms with E-state index in [1.165, 1.54) is 0 Å². The van der Waals surface area contributed by atoms with Crippen molar-refractivity contribution in [3.05, 3.63) is 65.6 Å². The molecule has 32 heavy (non-hydrogen) atoms. The van der Waals surface area contributed by atoms with Gasteiger partial charge in [-0.05, 0) is 31.2 Å². The fourth-order valence-electron chi connectivity index (χ4n) is 3.81. The minimum atomic E-state index is -0.372. The molecule has 0 bridgehead atoms. The molecule has 0 saturated carbocycles. The molecule has 0 saturated heterocycles. The average molecular weight is 425 g/mol. The van der Waals surface area contributed by atoms with Crippen molar-refractivity contribution < 1.29 is 9.53 Å². The van der Waals surface area contributed by atoms with Gasteiger partial charge in [-0.3, -0.25) is 15.4 Å². The Balaban J connectivity index is 1.32. The van der Waals surface area contributed by atoms with Crippen molar-refractivity contribution in [1.29, 1.82) is 5.26 Å². The SMILES string of the molecule is Cc1cc(-c2n[nH]c3cc(NC(=O)NC4CCOc5cc(C#N)ccc54)ncc23)ccn1. The van der Waals surface area contributed by atoms with Gasteiger partial charge in [-0.25, -0.2) is 9.78 Å². The Hall–Kier alpha value is -4.45. The van der Waals surface area contributed by atoms with Gasteiger partial charge in [0.25, 0.3) is 0 Å². The predicted molar refractivity (Wildman–Crippen MR) is 118 cm³/mol. The maximum absolute atomic E-state index is 12.6. The summed E-state index contributed by atoms with van der Waals surface area (Å²) in [5, 5.41) is 23.1. The van der Waals surface area contributed by atoms with Crippen molar-refractivity contribution in [3.63, 3.8) is 0 Å². The minimum Gasteiger partial charge on any atom is -0.493 e. The zero-order chi connectivity index (χ0) is 22.1. The molecule has 9 heteroatoms. The number of aromatic nitrogens is 4. The molecule has 3 aromatic heterocycles. The summed E-state index contributed by atoms with van der Waals surface area (Å²) in [6, 6.07) is 12.3. The number of ether oxygens (including phenoxy) is 1. The summed E-state index contributed by atoms with van der Waals surface area (Å²) in [4.78, 5) is 21.2. The maximum Gasteiger partial charge on any atom is 0.320 e. The van der Waals surface area contributed by atoms with Crippen molar-refractivity contribution in [2.24, 2.45) is 0 Å². The smallest absolute Gasteiger partial charge is 0.320 e. The lowest BCUT2D eigenvalue weighted by atomic mass is 9.99. The van der Waals surface area contributed by atoms with Crippen molar-refractivity contribution in [1.82, 2.24) is 25.5 Å². The van der Waals surface area contributed by atoms with Crippen LogP contribution in [0.3, 0.4) is 0 Å². The van der Waals surface area contributed by atoms with Crippen LogP contribution < -0.4 is 15.4 Å². The molecular formula is C23H19N7O2. The first-order chi connectivity index (χ1) is 15.6. The Bertz CT molecular complexity index is 1370. The van der Waals surface area contributed by atoms with E-state index < -0.39 is 0 Å². The first-order valence-electron chi connectivity index (χ1n) is 10.1. The summed E-state index contributed by atoms with van der Waals surface area (Å²) < 4.78 is 5.64. The summed E-state index contributed by atoms with van der Waals surface area (Å²) in [5.41, 5.74) is 4.76. The van der Waals surface area contributed by atoms with Crippen LogP contribution >= 0.6 is 0 Å². The second-order valence-electron chi connectivity index (χ2n) is 7.53. The third-order valence-electron chi connectivity index (χ3n) is 5.35. The fourth-order valence-corrected chi connectivity index (χ4v) is 3.81. The third-order valence-corrected chi connectivity index (χ3v) is 5.35. The number of hydrogen-bond acceptors (Lipinski definition) is 6. The highest BCUT2D eigenvalue weighted by Crippen LogP contribution is 2.33. The standard InChI is InChI=1S/C23H19N7O2/c1-13-8-15(4-6-25-13)22-17-12-26-21(10-19(17)29-30-22)28-23(31)27-18-5-7-32-20-9-14(11-24)2-3-16(18)20/h2-4,6,8-10,12,18H,5,7H2,1H3,(H,29,30)(H2,26,27,28,31). The normalized spacial score (nSPS) is 14.8. The van der Waals surface area contributed by atoms with Gasteiger partial charge in [-0.1, -0.05) is 6.07 Å². The van der Waals surface area contributed by atoms with E-state index in [1.54, 1.807) is 30.6 Å². The van der Waals surface area contributed by atoms with Gasteiger partial charge in [0.05, 0.1) is 29.8 Å². The quantitative estimate of drug-likeness (QED) is 0.457. The lowest BCUT2D eigenvalue weighted by molar-refractivity contribution is 0.232. The number of nitrogens with zero attached hydrogens (tertiary/aromatic N) is 4. The highest BCUT2D eigenvalue weighted by Gasteiger charge is 2.23. The van der Waals surface area contributed by atoms with Crippen LogP contribution in [0.4, 0.5) is 10.6 Å². The molecule has 1 unspecified atom stereocenters. The molecule has 1 aliphatic rings. The molecular weight excluding hydrogens is 406 g/mol. The minimum absolute atomic E-state index is 0.219. The van der Waals surface area contributed by atoms with E-state index in [2.05, 4.69) is 36.9 Å². The second-order valence-corrected chi connectivity index (χ2v) is 7.53. The Labute approximate surface area is 183 Å². The number of anilines is 1. The van der Waals surface area contributed by atoms with E-state index in [0.29, 0.717) is 30.2 Å². The number of aromatic amines is 1. The van der Waals surface area contributed by atoms with Gasteiger partial charge < -0.3 is 10.1 Å². The number of fused-ring (bicyclic) bond motifs is 2. The number of amides is 2. The topological polar surface area (TPSA) is 129 Å². The average Bonchev–Trinajstić information content (AvgIpc) is 3.22. The number of carbonyl (C=O) groups excluding carboxylic acids is 1. The molecule has 4 aromatic rings. The number of rotatable bonds is 3. The van der Waals surface area contributed by atoms with Gasteiger partial charge in [-0.15, -0.1) is 0 Å². The number of hydrogen-bond donors (Lipinski definition) is 3. The number of H-pyrrole nitrogens is 1. The lowest BCUT2D eigenvalue weighted by Gasteiger charge is -2.26. The van der Waals surface area contributed by atoms with E-state index in [9.17, 15) is 4.79 Å². The first-order valence-corrected chi connectivity index (χ1v) is 10.1. The van der Waals surface area contributed by atoms with Crippen molar-refractivity contribution in [2.75, 3.05) is 11.9 Å². The van der Waals surface area contributed by atoms with Crippen LogP contribution in [0.1, 0.15) is 29.3 Å². The highest BCUT2D eigenvalue weighted by molar-refractivity contribution is 5.95. The van der Waals surface area contributed by atoms with Gasteiger partial charge in [0.1, 0.15) is 17.3 Å². The molecule has 0 spiro atoms. The van der Waals surface area contributed by atoms with Crippen LogP contribution in [0.2, 0.25) is 0 Å². The van der Waals surface area contributed by atoms with Crippen molar-refractivity contribution >= 4 is 22.8 Å². The second kappa shape index (κ2) is 8.00. The number of benzene rings is 1. The van der Waals surface area contributed by atoms with Crippen LogP contribution in [-0.4, -0.2) is 32.8 Å². The van der Waals surface area contributed by atoms with E-state index >= 15 is 0 Å². The van der Waals surface area contributed by atoms with Gasteiger partial charge in [0.2, 0.25) is 0 Å². The molecule has 0 fully saturated rings. The van der Waals surface area contributed by atoms with E-state index in [4.69, 9.17) is 10.00 Å². The summed E-state index contributed by atoms with van der Waals surface area (Å²) in [5.74, 6) is 1.03. The third kappa shape index (κ3) is 3.70. The van der Waals surface area contributed by atoms with Crippen LogP contribution in [0.5, 0.6) is 5.75 Å². The van der Waals surface area contributed by atoms with Crippen LogP contribution in [-0.2, 0) is 0 Å². The molecule has 1 atom stereocenters. The first kappa shape index (κ1) is 19.5. The molecule has 0 aliphatic carbocycles. The number of aryl methyl sites for hydroxylation is 1. The van der Waals surface area contributed by atoms with E-state index in [-0.39, 0.29) is 12.1 Å². The molecule has 2 amide bonds. The van der Waals surface area contributed by atoms with Crippen molar-refractivity contribution in [3.8, 4) is 23.1 Å². The molecule has 158 valence electrons. The van der Waals surface area contributed by atoms with Crippen LogP contribution in [0.25, 0.3) is 22.2 Å². The Morgan fingerprint density at radius 2 is 2.16 bits per heavy atom. The number of nitrogens with one attached hydrogen (secondary N) is 3. The molecule has 3 N–H and O–H groups in total. The maximum atomic E-state index is 12.6. The molecule has 9 nitrogen and oxygen atoms in total. The summed E-state index contributed by atoms with van der Waals surface area (Å²) in [6.07, 6.45) is 4.06. The molecule has 5 rings (SSSR count). The zero-order valence-electron chi connectivity index (χ0n) is 17.2. The Morgan fingerprint density at radius 3 is 3.00 bits per heavy atom. The number of urea groups is 1. The van der Waals surface area contributed by atoms with Gasteiger partial charge in [-0.2, -0.15) is 10.4 Å². The fraction of sp³-hybridized carbons (Fsp3) is 0.174. The molecule has 0 radical (unpaired) electrons. The molecule has 1 aliphatic heterocycles. The van der Waals surface area contributed by atoms with Crippen LogP contribution in [0.15, 0.2) is 48.8 Å². The predicted octanol–water partition coefficient (Wildman–Crippen LogP) is 3.85. The van der Waals surface area contributed by atoms with Crippen LogP contribution in [0, 0.1) is 18.3 Å².